The van der Waals surface area contributed by atoms with Gasteiger partial charge in [0, 0.05) is 18.2 Å². The molecule has 5 heteroatoms. The molecule has 0 aromatic heterocycles. The van der Waals surface area contributed by atoms with Gasteiger partial charge in [0.05, 0.1) is 6.04 Å². The third-order valence-corrected chi connectivity index (χ3v) is 2.39. The van der Waals surface area contributed by atoms with Crippen molar-refractivity contribution >= 4 is 30.1 Å². The van der Waals surface area contributed by atoms with Gasteiger partial charge in [0.15, 0.2) is 0 Å². The van der Waals surface area contributed by atoms with Gasteiger partial charge in [-0.1, -0.05) is 6.08 Å². The molecule has 1 amide bonds. The fourth-order valence-corrected chi connectivity index (χ4v) is 1.80. The number of nitrogens with one attached hydrogen (secondary N) is 2. The Hall–Kier alpha value is -0.190. The number of halogens is 1. The van der Waals surface area contributed by atoms with Crippen LogP contribution < -0.4 is 10.6 Å². The van der Waals surface area contributed by atoms with E-state index >= 15 is 0 Å². The highest BCUT2D eigenvalue weighted by Crippen LogP contribution is 2.08. The lowest BCUT2D eigenvalue weighted by Crippen LogP contribution is -2.41. The predicted octanol–water partition coefficient (Wildman–Crippen LogP) is 0.373. The van der Waals surface area contributed by atoms with Crippen LogP contribution >= 0.6 is 24.2 Å². The van der Waals surface area contributed by atoms with Crippen molar-refractivity contribution in [3.05, 3.63) is 12.7 Å². The van der Waals surface area contributed by atoms with E-state index in [9.17, 15) is 4.79 Å². The first-order valence-electron chi connectivity index (χ1n) is 3.54. The fourth-order valence-electron chi connectivity index (χ4n) is 0.860. The molecule has 0 aliphatic carbocycles. The number of amides is 1. The van der Waals surface area contributed by atoms with E-state index in [0.29, 0.717) is 6.54 Å². The second-order valence-corrected chi connectivity index (χ2v) is 3.34. The highest BCUT2D eigenvalue weighted by atomic mass is 35.5. The third-order valence-electron chi connectivity index (χ3n) is 1.45. The van der Waals surface area contributed by atoms with Crippen LogP contribution in [0.25, 0.3) is 0 Å². The Morgan fingerprint density at radius 3 is 3.08 bits per heavy atom. The Balaban J connectivity index is 0.00000121. The maximum Gasteiger partial charge on any atom is 0.238 e. The highest BCUT2D eigenvalue weighted by Gasteiger charge is 2.21. The molecule has 0 spiro atoms. The van der Waals surface area contributed by atoms with Crippen molar-refractivity contribution < 1.29 is 4.79 Å². The van der Waals surface area contributed by atoms with Gasteiger partial charge in [-0.05, 0) is 0 Å². The summed E-state index contributed by atoms with van der Waals surface area (Å²) in [6, 6.07) is -0.0000463. The van der Waals surface area contributed by atoms with Gasteiger partial charge in [0.2, 0.25) is 5.91 Å². The molecule has 0 saturated carbocycles. The van der Waals surface area contributed by atoms with E-state index in [1.165, 1.54) is 0 Å². The zero-order chi connectivity index (χ0) is 8.10. The Bertz CT molecular complexity index is 159. The molecule has 2 N–H and O–H groups in total. The topological polar surface area (TPSA) is 41.1 Å². The largest absolute Gasteiger partial charge is 0.351 e. The lowest BCUT2D eigenvalue weighted by atomic mass is 10.3. The molecule has 1 atom stereocenters. The lowest BCUT2D eigenvalue weighted by Gasteiger charge is -2.07. The molecule has 1 heterocycles. The Morgan fingerprint density at radius 1 is 1.83 bits per heavy atom. The molecule has 70 valence electrons. The quantitative estimate of drug-likeness (QED) is 0.659. The van der Waals surface area contributed by atoms with E-state index in [0.717, 1.165) is 11.6 Å². The molecule has 1 fully saturated rings. The second-order valence-electron chi connectivity index (χ2n) is 2.31. The normalized spacial score (nSPS) is 21.2. The van der Waals surface area contributed by atoms with Crippen molar-refractivity contribution in [2.75, 3.05) is 18.2 Å². The number of rotatable bonds is 3. The monoisotopic (exact) mass is 208 g/mol. The summed E-state index contributed by atoms with van der Waals surface area (Å²) < 4.78 is 0. The number of carbonyl (C=O) groups excluding carboxylic acids is 1. The molecule has 1 saturated heterocycles. The molecule has 0 bridgehead atoms. The van der Waals surface area contributed by atoms with E-state index in [4.69, 9.17) is 0 Å². The first kappa shape index (κ1) is 11.8. The molecule has 0 aromatic carbocycles. The van der Waals surface area contributed by atoms with Gasteiger partial charge >= 0.3 is 0 Å². The number of hydrogen-bond donors (Lipinski definition) is 2. The lowest BCUT2D eigenvalue weighted by molar-refractivity contribution is -0.122. The van der Waals surface area contributed by atoms with Crippen LogP contribution in [0.5, 0.6) is 0 Å². The van der Waals surface area contributed by atoms with E-state index < -0.39 is 0 Å². The molecule has 0 aromatic rings. The van der Waals surface area contributed by atoms with Crippen molar-refractivity contribution in [1.82, 2.24) is 10.6 Å². The Kier molecular flexibility index (Phi) is 6.24. The Labute approximate surface area is 82.8 Å². The van der Waals surface area contributed by atoms with Crippen LogP contribution in [0.3, 0.4) is 0 Å². The van der Waals surface area contributed by atoms with Crippen LogP contribution in [0.1, 0.15) is 0 Å². The van der Waals surface area contributed by atoms with Crippen molar-refractivity contribution in [3.63, 3.8) is 0 Å². The van der Waals surface area contributed by atoms with E-state index in [2.05, 4.69) is 17.2 Å². The van der Waals surface area contributed by atoms with Gasteiger partial charge in [-0.25, -0.2) is 0 Å². The molecular formula is C7H13ClN2OS. The summed E-state index contributed by atoms with van der Waals surface area (Å²) in [6.45, 7) is 4.08. The summed E-state index contributed by atoms with van der Waals surface area (Å²) in [7, 11) is 0. The first-order valence-corrected chi connectivity index (χ1v) is 4.70. The van der Waals surface area contributed by atoms with Crippen molar-refractivity contribution in [3.8, 4) is 0 Å². The second kappa shape index (κ2) is 6.34. The molecule has 1 aliphatic rings. The maximum atomic E-state index is 11.2. The zero-order valence-electron chi connectivity index (χ0n) is 6.71. The van der Waals surface area contributed by atoms with Gasteiger partial charge in [-0.3, -0.25) is 10.1 Å². The minimum atomic E-state index is -0.0000463. The average Bonchev–Trinajstić information content (AvgIpc) is 2.52. The molecule has 12 heavy (non-hydrogen) atoms. The molecular weight excluding hydrogens is 196 g/mol. The van der Waals surface area contributed by atoms with Gasteiger partial charge in [-0.15, -0.1) is 30.7 Å². The van der Waals surface area contributed by atoms with Crippen molar-refractivity contribution in [1.29, 1.82) is 0 Å². The van der Waals surface area contributed by atoms with Crippen LogP contribution in [0.15, 0.2) is 12.7 Å². The van der Waals surface area contributed by atoms with Crippen LogP contribution in [-0.2, 0) is 4.79 Å². The van der Waals surface area contributed by atoms with Crippen LogP contribution in [-0.4, -0.2) is 30.1 Å². The highest BCUT2D eigenvalue weighted by molar-refractivity contribution is 7.99. The van der Waals surface area contributed by atoms with E-state index in [1.807, 2.05) is 0 Å². The fraction of sp³-hybridized carbons (Fsp3) is 0.571. The zero-order valence-corrected chi connectivity index (χ0v) is 8.34. The Morgan fingerprint density at radius 2 is 2.58 bits per heavy atom. The van der Waals surface area contributed by atoms with Crippen LogP contribution in [0, 0.1) is 0 Å². The smallest absolute Gasteiger partial charge is 0.238 e. The molecule has 1 unspecified atom stereocenters. The first-order chi connectivity index (χ1) is 5.34. The summed E-state index contributed by atoms with van der Waals surface area (Å²) in [4.78, 5) is 11.2. The molecule has 1 rings (SSSR count). The maximum absolute atomic E-state index is 11.2. The average molecular weight is 209 g/mol. The van der Waals surface area contributed by atoms with E-state index in [-0.39, 0.29) is 24.4 Å². The van der Waals surface area contributed by atoms with Crippen molar-refractivity contribution in [2.24, 2.45) is 0 Å². The summed E-state index contributed by atoms with van der Waals surface area (Å²) in [5, 5.41) is 5.82. The van der Waals surface area contributed by atoms with E-state index in [1.54, 1.807) is 17.8 Å². The number of carbonyl (C=O) groups is 1. The standard InChI is InChI=1S/C7H12N2OS.ClH/c1-2-3-8-7(10)6-4-11-5-9-6;/h2,6,9H,1,3-5H2,(H,8,10);1H. The summed E-state index contributed by atoms with van der Waals surface area (Å²) in [6.07, 6.45) is 1.68. The van der Waals surface area contributed by atoms with Crippen molar-refractivity contribution in [2.45, 2.75) is 6.04 Å². The van der Waals surface area contributed by atoms with Gasteiger partial charge in [0.25, 0.3) is 0 Å². The summed E-state index contributed by atoms with van der Waals surface area (Å²) >= 11 is 1.75. The third kappa shape index (κ3) is 3.47. The molecule has 1 aliphatic heterocycles. The van der Waals surface area contributed by atoms with Crippen LogP contribution in [0.4, 0.5) is 0 Å². The molecule has 0 radical (unpaired) electrons. The SMILES string of the molecule is C=CCNC(=O)C1CSCN1.Cl. The van der Waals surface area contributed by atoms with Gasteiger partial charge in [-0.2, -0.15) is 0 Å². The van der Waals surface area contributed by atoms with Gasteiger partial charge in [0.1, 0.15) is 0 Å². The number of hydrogen-bond acceptors (Lipinski definition) is 3. The minimum Gasteiger partial charge on any atom is -0.351 e. The minimum absolute atomic E-state index is 0. The predicted molar refractivity (Wildman–Crippen MR) is 54.7 cm³/mol. The summed E-state index contributed by atoms with van der Waals surface area (Å²) in [5.41, 5.74) is 0. The molecule has 3 nitrogen and oxygen atoms in total. The van der Waals surface area contributed by atoms with Crippen LogP contribution in [0.2, 0.25) is 0 Å². The van der Waals surface area contributed by atoms with Gasteiger partial charge < -0.3 is 5.32 Å². The summed E-state index contributed by atoms with van der Waals surface area (Å²) in [5.74, 6) is 1.84. The number of thioether (sulfide) groups is 1.